The molecule has 0 bridgehead atoms. The van der Waals surface area contributed by atoms with Crippen molar-refractivity contribution in [3.8, 4) is 0 Å². The van der Waals surface area contributed by atoms with Gasteiger partial charge in [0, 0.05) is 23.9 Å². The standard InChI is InChI=1S/C18H23N3O4/c1-18(2,3)17-20-15(25-21-17)9-5-8-14(22)19-13-7-4-6-12(10-13)11-16(23)24/h4,6-7,10H,5,8-9,11H2,1-3H3,(H,19,22)(H,23,24). The lowest BCUT2D eigenvalue weighted by Gasteiger charge is -2.10. The van der Waals surface area contributed by atoms with Gasteiger partial charge in [-0.05, 0) is 24.1 Å². The summed E-state index contributed by atoms with van der Waals surface area (Å²) >= 11 is 0. The fraction of sp³-hybridized carbons (Fsp3) is 0.444. The Hall–Kier alpha value is -2.70. The van der Waals surface area contributed by atoms with E-state index in [-0.39, 0.29) is 17.7 Å². The highest BCUT2D eigenvalue weighted by molar-refractivity contribution is 5.90. The predicted octanol–water partition coefficient (Wildman–Crippen LogP) is 2.96. The van der Waals surface area contributed by atoms with Crippen molar-refractivity contribution in [2.45, 2.75) is 51.9 Å². The van der Waals surface area contributed by atoms with Crippen LogP contribution >= 0.6 is 0 Å². The molecule has 0 spiro atoms. The molecule has 0 aliphatic heterocycles. The molecule has 25 heavy (non-hydrogen) atoms. The quantitative estimate of drug-likeness (QED) is 0.799. The number of carbonyl (C=O) groups is 2. The molecule has 0 atom stereocenters. The lowest BCUT2D eigenvalue weighted by Crippen LogP contribution is -2.13. The van der Waals surface area contributed by atoms with Gasteiger partial charge in [-0.25, -0.2) is 0 Å². The summed E-state index contributed by atoms with van der Waals surface area (Å²) in [4.78, 5) is 27.1. The molecule has 7 nitrogen and oxygen atoms in total. The Labute approximate surface area is 146 Å². The van der Waals surface area contributed by atoms with Gasteiger partial charge >= 0.3 is 5.97 Å². The maximum Gasteiger partial charge on any atom is 0.307 e. The number of carbonyl (C=O) groups excluding carboxylic acids is 1. The number of aromatic nitrogens is 2. The smallest absolute Gasteiger partial charge is 0.307 e. The summed E-state index contributed by atoms with van der Waals surface area (Å²) in [5, 5.41) is 15.5. The number of carboxylic acids is 1. The van der Waals surface area contributed by atoms with Gasteiger partial charge in [0.1, 0.15) is 0 Å². The van der Waals surface area contributed by atoms with Gasteiger partial charge in [-0.1, -0.05) is 38.1 Å². The molecule has 1 aromatic heterocycles. The van der Waals surface area contributed by atoms with E-state index in [1.54, 1.807) is 24.3 Å². The highest BCUT2D eigenvalue weighted by atomic mass is 16.5. The van der Waals surface area contributed by atoms with Crippen LogP contribution in [0.15, 0.2) is 28.8 Å². The lowest BCUT2D eigenvalue weighted by atomic mass is 9.96. The van der Waals surface area contributed by atoms with Crippen LogP contribution in [0.25, 0.3) is 0 Å². The fourth-order valence-corrected chi connectivity index (χ4v) is 2.22. The zero-order chi connectivity index (χ0) is 18.4. The number of carboxylic acid groups (broad SMARTS) is 1. The fourth-order valence-electron chi connectivity index (χ4n) is 2.22. The molecule has 1 heterocycles. The van der Waals surface area contributed by atoms with Crippen molar-refractivity contribution in [3.05, 3.63) is 41.5 Å². The molecular formula is C18H23N3O4. The van der Waals surface area contributed by atoms with Crippen molar-refractivity contribution in [1.29, 1.82) is 0 Å². The molecule has 134 valence electrons. The molecule has 0 fully saturated rings. The minimum absolute atomic E-state index is 0.0724. The van der Waals surface area contributed by atoms with E-state index in [0.29, 0.717) is 42.2 Å². The van der Waals surface area contributed by atoms with Crippen molar-refractivity contribution in [3.63, 3.8) is 0 Å². The molecule has 0 aliphatic rings. The van der Waals surface area contributed by atoms with Crippen LogP contribution in [0.2, 0.25) is 0 Å². The first-order valence-electron chi connectivity index (χ1n) is 8.17. The summed E-state index contributed by atoms with van der Waals surface area (Å²) in [6, 6.07) is 6.84. The van der Waals surface area contributed by atoms with Crippen LogP contribution in [0.3, 0.4) is 0 Å². The highest BCUT2D eigenvalue weighted by Gasteiger charge is 2.20. The Balaban J connectivity index is 1.81. The minimum Gasteiger partial charge on any atom is -0.481 e. The molecule has 2 aromatic rings. The van der Waals surface area contributed by atoms with Crippen molar-refractivity contribution in [1.82, 2.24) is 10.1 Å². The molecule has 1 amide bonds. The van der Waals surface area contributed by atoms with E-state index >= 15 is 0 Å². The van der Waals surface area contributed by atoms with Gasteiger partial charge < -0.3 is 14.9 Å². The number of aliphatic carboxylic acids is 1. The second-order valence-corrected chi connectivity index (χ2v) is 6.93. The van der Waals surface area contributed by atoms with Crippen molar-refractivity contribution < 1.29 is 19.2 Å². The SMILES string of the molecule is CC(C)(C)c1noc(CCCC(=O)Nc2cccc(CC(=O)O)c2)n1. The normalized spacial score (nSPS) is 11.3. The minimum atomic E-state index is -0.905. The van der Waals surface area contributed by atoms with Crippen LogP contribution in [0.4, 0.5) is 5.69 Å². The van der Waals surface area contributed by atoms with Gasteiger partial charge in [-0.2, -0.15) is 4.98 Å². The number of anilines is 1. The second kappa shape index (κ2) is 7.92. The van der Waals surface area contributed by atoms with Crippen molar-refractivity contribution >= 4 is 17.6 Å². The lowest BCUT2D eigenvalue weighted by molar-refractivity contribution is -0.136. The number of aryl methyl sites for hydroxylation is 1. The van der Waals surface area contributed by atoms with E-state index in [1.807, 2.05) is 20.8 Å². The second-order valence-electron chi connectivity index (χ2n) is 6.93. The van der Waals surface area contributed by atoms with Crippen LogP contribution in [0, 0.1) is 0 Å². The molecule has 0 unspecified atom stereocenters. The van der Waals surface area contributed by atoms with E-state index in [0.717, 1.165) is 0 Å². The molecular weight excluding hydrogens is 322 g/mol. The van der Waals surface area contributed by atoms with Gasteiger partial charge in [0.25, 0.3) is 0 Å². The average molecular weight is 345 g/mol. The highest BCUT2D eigenvalue weighted by Crippen LogP contribution is 2.19. The Bertz CT molecular complexity index is 747. The van der Waals surface area contributed by atoms with Gasteiger partial charge in [-0.15, -0.1) is 0 Å². The van der Waals surface area contributed by atoms with Crippen LogP contribution in [0.1, 0.15) is 50.9 Å². The molecule has 2 N–H and O–H groups in total. The first kappa shape index (κ1) is 18.6. The Morgan fingerprint density at radius 2 is 2.04 bits per heavy atom. The largest absolute Gasteiger partial charge is 0.481 e. The number of hydrogen-bond donors (Lipinski definition) is 2. The average Bonchev–Trinajstić information content (AvgIpc) is 2.96. The molecule has 7 heteroatoms. The number of rotatable bonds is 7. The van der Waals surface area contributed by atoms with Crippen molar-refractivity contribution in [2.75, 3.05) is 5.32 Å². The summed E-state index contributed by atoms with van der Waals surface area (Å²) in [6.45, 7) is 6.02. The van der Waals surface area contributed by atoms with E-state index in [2.05, 4.69) is 15.5 Å². The molecule has 1 aromatic carbocycles. The first-order valence-corrected chi connectivity index (χ1v) is 8.17. The van der Waals surface area contributed by atoms with Crippen LogP contribution in [-0.4, -0.2) is 27.1 Å². The molecule has 0 radical (unpaired) electrons. The summed E-state index contributed by atoms with van der Waals surface area (Å²) < 4.78 is 5.20. The zero-order valence-electron chi connectivity index (χ0n) is 14.7. The summed E-state index contributed by atoms with van der Waals surface area (Å²) in [6.07, 6.45) is 1.37. The third-order valence-corrected chi connectivity index (χ3v) is 3.50. The number of nitrogens with one attached hydrogen (secondary N) is 1. The summed E-state index contributed by atoms with van der Waals surface area (Å²) in [5.74, 6) is 0.143. The number of hydrogen-bond acceptors (Lipinski definition) is 5. The van der Waals surface area contributed by atoms with Crippen LogP contribution in [-0.2, 0) is 27.8 Å². The Kier molecular flexibility index (Phi) is 5.90. The zero-order valence-corrected chi connectivity index (χ0v) is 14.7. The van der Waals surface area contributed by atoms with Gasteiger partial charge in [0.15, 0.2) is 5.82 Å². The third kappa shape index (κ3) is 6.02. The Morgan fingerprint density at radius 3 is 2.68 bits per heavy atom. The topological polar surface area (TPSA) is 105 Å². The van der Waals surface area contributed by atoms with Crippen LogP contribution in [0.5, 0.6) is 0 Å². The summed E-state index contributed by atoms with van der Waals surface area (Å²) in [5.41, 5.74) is 1.07. The van der Waals surface area contributed by atoms with E-state index < -0.39 is 5.97 Å². The van der Waals surface area contributed by atoms with E-state index in [4.69, 9.17) is 9.63 Å². The molecule has 0 saturated carbocycles. The van der Waals surface area contributed by atoms with Gasteiger partial charge in [0.2, 0.25) is 11.8 Å². The van der Waals surface area contributed by atoms with Crippen LogP contribution < -0.4 is 5.32 Å². The van der Waals surface area contributed by atoms with E-state index in [9.17, 15) is 9.59 Å². The van der Waals surface area contributed by atoms with E-state index in [1.165, 1.54) is 0 Å². The number of nitrogens with zero attached hydrogens (tertiary/aromatic N) is 2. The molecule has 2 rings (SSSR count). The predicted molar refractivity (Wildman–Crippen MR) is 92.3 cm³/mol. The van der Waals surface area contributed by atoms with Gasteiger partial charge in [0.05, 0.1) is 6.42 Å². The first-order chi connectivity index (χ1) is 11.7. The number of benzene rings is 1. The third-order valence-electron chi connectivity index (χ3n) is 3.50. The van der Waals surface area contributed by atoms with Crippen molar-refractivity contribution in [2.24, 2.45) is 0 Å². The number of amides is 1. The molecule has 0 saturated heterocycles. The summed E-state index contributed by atoms with van der Waals surface area (Å²) in [7, 11) is 0. The Morgan fingerprint density at radius 1 is 1.28 bits per heavy atom. The monoisotopic (exact) mass is 345 g/mol. The molecule has 0 aliphatic carbocycles. The maximum absolute atomic E-state index is 12.0. The maximum atomic E-state index is 12.0. The van der Waals surface area contributed by atoms with Gasteiger partial charge in [-0.3, -0.25) is 9.59 Å².